The third kappa shape index (κ3) is 3.47. The van der Waals surface area contributed by atoms with Crippen molar-refractivity contribution in [2.75, 3.05) is 27.4 Å². The zero-order valence-corrected chi connectivity index (χ0v) is 12.7. The predicted octanol–water partition coefficient (Wildman–Crippen LogP) is 2.38. The van der Waals surface area contributed by atoms with Crippen LogP contribution < -0.4 is 15.2 Å². The molecule has 2 rings (SSSR count). The smallest absolute Gasteiger partial charge is 0.337 e. The molecule has 1 saturated carbocycles. The molecule has 0 aliphatic heterocycles. The Labute approximate surface area is 125 Å². The van der Waals surface area contributed by atoms with E-state index in [0.29, 0.717) is 30.2 Å². The summed E-state index contributed by atoms with van der Waals surface area (Å²) < 4.78 is 15.9. The van der Waals surface area contributed by atoms with E-state index in [1.807, 2.05) is 0 Å². The second-order valence-corrected chi connectivity index (χ2v) is 5.56. The second-order valence-electron chi connectivity index (χ2n) is 5.56. The minimum absolute atomic E-state index is 0.0754. The topological polar surface area (TPSA) is 70.8 Å². The Balaban J connectivity index is 2.11. The SMILES string of the molecule is COC(=O)c1ccc(OCC2(CN)CCCC2)c(OC)c1. The second kappa shape index (κ2) is 6.80. The maximum Gasteiger partial charge on any atom is 0.337 e. The van der Waals surface area contributed by atoms with Crippen molar-refractivity contribution in [1.29, 1.82) is 0 Å². The monoisotopic (exact) mass is 293 g/mol. The highest BCUT2D eigenvalue weighted by molar-refractivity contribution is 5.90. The van der Waals surface area contributed by atoms with Gasteiger partial charge >= 0.3 is 5.97 Å². The van der Waals surface area contributed by atoms with Crippen molar-refractivity contribution in [3.63, 3.8) is 0 Å². The van der Waals surface area contributed by atoms with Gasteiger partial charge < -0.3 is 19.9 Å². The molecule has 5 heteroatoms. The Morgan fingerprint density at radius 2 is 1.95 bits per heavy atom. The van der Waals surface area contributed by atoms with Crippen LogP contribution in [0.25, 0.3) is 0 Å². The molecule has 5 nitrogen and oxygen atoms in total. The lowest BCUT2D eigenvalue weighted by Crippen LogP contribution is -2.33. The molecule has 0 amide bonds. The van der Waals surface area contributed by atoms with Crippen molar-refractivity contribution in [3.8, 4) is 11.5 Å². The summed E-state index contributed by atoms with van der Waals surface area (Å²) in [6.07, 6.45) is 4.62. The summed E-state index contributed by atoms with van der Waals surface area (Å²) in [5.41, 5.74) is 6.43. The normalized spacial score (nSPS) is 16.5. The van der Waals surface area contributed by atoms with Crippen molar-refractivity contribution >= 4 is 5.97 Å². The highest BCUT2D eigenvalue weighted by Crippen LogP contribution is 2.38. The van der Waals surface area contributed by atoms with E-state index in [9.17, 15) is 4.79 Å². The van der Waals surface area contributed by atoms with E-state index in [0.717, 1.165) is 12.8 Å². The van der Waals surface area contributed by atoms with Gasteiger partial charge in [0.1, 0.15) is 0 Å². The molecule has 0 aromatic heterocycles. The molecule has 0 spiro atoms. The van der Waals surface area contributed by atoms with Gasteiger partial charge in [0.05, 0.1) is 26.4 Å². The molecule has 2 N–H and O–H groups in total. The molecule has 1 aliphatic carbocycles. The number of carbonyl (C=O) groups excluding carboxylic acids is 1. The Morgan fingerprint density at radius 3 is 2.52 bits per heavy atom. The molecular weight excluding hydrogens is 270 g/mol. The lowest BCUT2D eigenvalue weighted by atomic mass is 9.87. The molecule has 0 radical (unpaired) electrons. The van der Waals surface area contributed by atoms with E-state index >= 15 is 0 Å². The zero-order valence-electron chi connectivity index (χ0n) is 12.7. The predicted molar refractivity (Wildman–Crippen MR) is 79.8 cm³/mol. The number of hydrogen-bond donors (Lipinski definition) is 1. The quantitative estimate of drug-likeness (QED) is 0.815. The van der Waals surface area contributed by atoms with Gasteiger partial charge in [-0.15, -0.1) is 0 Å². The summed E-state index contributed by atoms with van der Waals surface area (Å²) >= 11 is 0. The number of nitrogens with two attached hydrogens (primary N) is 1. The van der Waals surface area contributed by atoms with Gasteiger partial charge in [0.2, 0.25) is 0 Å². The van der Waals surface area contributed by atoms with E-state index in [-0.39, 0.29) is 5.41 Å². The largest absolute Gasteiger partial charge is 0.493 e. The fourth-order valence-corrected chi connectivity index (χ4v) is 2.79. The van der Waals surface area contributed by atoms with Crippen LogP contribution >= 0.6 is 0 Å². The number of benzene rings is 1. The minimum Gasteiger partial charge on any atom is -0.493 e. The maximum atomic E-state index is 11.5. The number of methoxy groups -OCH3 is 2. The average molecular weight is 293 g/mol. The van der Waals surface area contributed by atoms with Gasteiger partial charge in [0.25, 0.3) is 0 Å². The fraction of sp³-hybridized carbons (Fsp3) is 0.562. The lowest BCUT2D eigenvalue weighted by Gasteiger charge is -2.27. The van der Waals surface area contributed by atoms with Crippen molar-refractivity contribution in [2.45, 2.75) is 25.7 Å². The van der Waals surface area contributed by atoms with Crippen molar-refractivity contribution in [1.82, 2.24) is 0 Å². The van der Waals surface area contributed by atoms with Gasteiger partial charge in [-0.1, -0.05) is 12.8 Å². The van der Waals surface area contributed by atoms with Crippen LogP contribution in [0.4, 0.5) is 0 Å². The molecule has 1 aromatic rings. The van der Waals surface area contributed by atoms with Crippen molar-refractivity contribution < 1.29 is 19.0 Å². The fourth-order valence-electron chi connectivity index (χ4n) is 2.79. The first kappa shape index (κ1) is 15.6. The highest BCUT2D eigenvalue weighted by atomic mass is 16.5. The molecule has 0 saturated heterocycles. The molecule has 116 valence electrons. The molecule has 1 aromatic carbocycles. The number of rotatable bonds is 6. The Hall–Kier alpha value is -1.75. The highest BCUT2D eigenvalue weighted by Gasteiger charge is 2.33. The Morgan fingerprint density at radius 1 is 1.24 bits per heavy atom. The summed E-state index contributed by atoms with van der Waals surface area (Å²) in [5, 5.41) is 0. The molecular formula is C16H23NO4. The minimum atomic E-state index is -0.394. The van der Waals surface area contributed by atoms with Crippen molar-refractivity contribution in [3.05, 3.63) is 23.8 Å². The molecule has 0 atom stereocenters. The number of esters is 1. The van der Waals surface area contributed by atoms with Crippen LogP contribution in [0.3, 0.4) is 0 Å². The first-order valence-electron chi connectivity index (χ1n) is 7.23. The zero-order chi connectivity index (χ0) is 15.3. The number of hydrogen-bond acceptors (Lipinski definition) is 5. The molecule has 1 aliphatic rings. The molecule has 0 unspecified atom stereocenters. The molecule has 21 heavy (non-hydrogen) atoms. The summed E-state index contributed by atoms with van der Waals surface area (Å²) in [6.45, 7) is 1.22. The first-order valence-corrected chi connectivity index (χ1v) is 7.23. The maximum absolute atomic E-state index is 11.5. The van der Waals surface area contributed by atoms with E-state index in [1.165, 1.54) is 20.0 Å². The summed E-state index contributed by atoms with van der Waals surface area (Å²) in [7, 11) is 2.90. The van der Waals surface area contributed by atoms with Gasteiger partial charge in [-0.3, -0.25) is 0 Å². The Kier molecular flexibility index (Phi) is 5.07. The van der Waals surface area contributed by atoms with Crippen LogP contribution in [0.1, 0.15) is 36.0 Å². The van der Waals surface area contributed by atoms with Crippen LogP contribution in [0.2, 0.25) is 0 Å². The molecule has 0 heterocycles. The van der Waals surface area contributed by atoms with E-state index in [1.54, 1.807) is 25.3 Å². The van der Waals surface area contributed by atoms with E-state index in [2.05, 4.69) is 0 Å². The standard InChI is InChI=1S/C16H23NO4/c1-19-14-9-12(15(18)20-2)5-6-13(14)21-11-16(10-17)7-3-4-8-16/h5-6,9H,3-4,7-8,10-11,17H2,1-2H3. The molecule has 0 bridgehead atoms. The van der Waals surface area contributed by atoms with Crippen LogP contribution in [0, 0.1) is 5.41 Å². The van der Waals surface area contributed by atoms with Crippen LogP contribution in [-0.4, -0.2) is 33.3 Å². The van der Waals surface area contributed by atoms with Gasteiger partial charge in [-0.2, -0.15) is 0 Å². The average Bonchev–Trinajstić information content (AvgIpc) is 3.01. The van der Waals surface area contributed by atoms with Gasteiger partial charge in [0.15, 0.2) is 11.5 Å². The third-order valence-corrected chi connectivity index (χ3v) is 4.22. The van der Waals surface area contributed by atoms with E-state index in [4.69, 9.17) is 19.9 Å². The van der Waals surface area contributed by atoms with Crippen LogP contribution in [0.15, 0.2) is 18.2 Å². The number of carbonyl (C=O) groups is 1. The van der Waals surface area contributed by atoms with Gasteiger partial charge in [-0.25, -0.2) is 4.79 Å². The number of ether oxygens (including phenoxy) is 3. The molecule has 1 fully saturated rings. The van der Waals surface area contributed by atoms with E-state index < -0.39 is 5.97 Å². The third-order valence-electron chi connectivity index (χ3n) is 4.22. The lowest BCUT2D eigenvalue weighted by molar-refractivity contribution is 0.0600. The van der Waals surface area contributed by atoms with Crippen LogP contribution in [0.5, 0.6) is 11.5 Å². The van der Waals surface area contributed by atoms with Gasteiger partial charge in [0, 0.05) is 12.0 Å². The summed E-state index contributed by atoms with van der Waals surface area (Å²) in [5.74, 6) is 0.766. The summed E-state index contributed by atoms with van der Waals surface area (Å²) in [6, 6.07) is 5.04. The summed E-state index contributed by atoms with van der Waals surface area (Å²) in [4.78, 5) is 11.5. The van der Waals surface area contributed by atoms with Gasteiger partial charge in [-0.05, 0) is 31.0 Å². The Bertz CT molecular complexity index is 495. The van der Waals surface area contributed by atoms with Crippen LogP contribution in [-0.2, 0) is 4.74 Å². The first-order chi connectivity index (χ1) is 10.1. The van der Waals surface area contributed by atoms with Crippen molar-refractivity contribution in [2.24, 2.45) is 11.1 Å².